The van der Waals surface area contributed by atoms with Crippen LogP contribution < -0.4 is 15.3 Å². The normalized spacial score (nSPS) is 23.3. The number of benzene rings is 1. The number of aliphatic hydroxyl groups is 1. The molecule has 208 valence electrons. The number of ether oxygens (including phenoxy) is 2. The van der Waals surface area contributed by atoms with E-state index in [0.29, 0.717) is 5.52 Å². The van der Waals surface area contributed by atoms with Crippen LogP contribution in [0.2, 0.25) is 5.28 Å². The number of esters is 1. The monoisotopic (exact) mass is 578 g/mol. The number of fused-ring (bicyclic) bond motifs is 1. The lowest BCUT2D eigenvalue weighted by Crippen LogP contribution is -2.44. The smallest absolute Gasteiger partial charge is 0.459 e. The number of nitrogens with two attached hydrogens (primary N) is 1. The molecule has 0 unspecified atom stereocenters. The van der Waals surface area contributed by atoms with E-state index in [-0.39, 0.29) is 28.9 Å². The second kappa shape index (κ2) is 11.5. The van der Waals surface area contributed by atoms with E-state index in [1.165, 1.54) is 17.8 Å². The summed E-state index contributed by atoms with van der Waals surface area (Å²) in [5, 5.41) is 13.4. The number of halogens is 1. The second-order valence-corrected chi connectivity index (χ2v) is 11.1. The third-order valence-corrected chi connectivity index (χ3v) is 7.55. The van der Waals surface area contributed by atoms with Crippen LogP contribution in [0.25, 0.3) is 11.2 Å². The minimum Gasteiger partial charge on any atom is -0.462 e. The van der Waals surface area contributed by atoms with E-state index in [1.807, 2.05) is 0 Å². The van der Waals surface area contributed by atoms with Crippen LogP contribution in [0.15, 0.2) is 36.7 Å². The molecule has 0 aliphatic carbocycles. The van der Waals surface area contributed by atoms with Gasteiger partial charge in [-0.15, -0.1) is 6.42 Å². The zero-order valence-electron chi connectivity index (χ0n) is 21.4. The second-order valence-electron chi connectivity index (χ2n) is 9.07. The van der Waals surface area contributed by atoms with Crippen LogP contribution >= 0.6 is 19.3 Å². The SMILES string of the molecule is C#C[C@]1(CO[P@](=O)(N[C@H](C)C(=O)OC(C)C)Oc2ccccc2)O[C@@H](n2cnc3c(N)nc(Cl)nc32)C[C@@H]1O. The van der Waals surface area contributed by atoms with Crippen molar-refractivity contribution in [2.45, 2.75) is 57.3 Å². The first kappa shape index (κ1) is 28.8. The van der Waals surface area contributed by atoms with Crippen LogP contribution in [0.5, 0.6) is 5.75 Å². The Kier molecular flexibility index (Phi) is 8.46. The average molecular weight is 579 g/mol. The number of hydrogen-bond donors (Lipinski definition) is 3. The predicted octanol–water partition coefficient (Wildman–Crippen LogP) is 2.85. The van der Waals surface area contributed by atoms with Gasteiger partial charge in [0.15, 0.2) is 17.1 Å². The Bertz CT molecular complexity index is 1430. The molecule has 1 saturated heterocycles. The van der Waals surface area contributed by atoms with Gasteiger partial charge < -0.3 is 24.8 Å². The van der Waals surface area contributed by atoms with Gasteiger partial charge in [0.1, 0.15) is 36.2 Å². The van der Waals surface area contributed by atoms with Gasteiger partial charge in [0.2, 0.25) is 5.28 Å². The molecule has 1 aliphatic rings. The highest BCUT2D eigenvalue weighted by molar-refractivity contribution is 7.52. The summed E-state index contributed by atoms with van der Waals surface area (Å²) in [4.78, 5) is 24.6. The van der Waals surface area contributed by atoms with Gasteiger partial charge in [-0.3, -0.25) is 13.9 Å². The fraction of sp³-hybridized carbons (Fsp3) is 0.417. The molecule has 3 aromatic rings. The van der Waals surface area contributed by atoms with Gasteiger partial charge in [-0.05, 0) is 44.5 Å². The van der Waals surface area contributed by atoms with Gasteiger partial charge in [0.05, 0.1) is 12.4 Å². The van der Waals surface area contributed by atoms with E-state index < -0.39 is 50.4 Å². The topological polar surface area (TPSA) is 173 Å². The fourth-order valence-corrected chi connectivity index (χ4v) is 5.55. The quantitative estimate of drug-likeness (QED) is 0.139. The Morgan fingerprint density at radius 1 is 1.38 bits per heavy atom. The van der Waals surface area contributed by atoms with Gasteiger partial charge in [-0.25, -0.2) is 9.55 Å². The van der Waals surface area contributed by atoms with Crippen molar-refractivity contribution < 1.29 is 33.0 Å². The average Bonchev–Trinajstić information content (AvgIpc) is 3.44. The molecule has 4 rings (SSSR count). The number of carbonyl (C=O) groups is 1. The summed E-state index contributed by atoms with van der Waals surface area (Å²) in [6.07, 6.45) is 4.71. The molecule has 3 heterocycles. The molecule has 39 heavy (non-hydrogen) atoms. The number of aliphatic hydroxyl groups excluding tert-OH is 1. The number of aromatic nitrogens is 4. The number of nitrogens with zero attached hydrogens (tertiary/aromatic N) is 4. The van der Waals surface area contributed by atoms with Crippen molar-refractivity contribution in [1.29, 1.82) is 0 Å². The summed E-state index contributed by atoms with van der Waals surface area (Å²) in [5.41, 5.74) is 4.70. The lowest BCUT2D eigenvalue weighted by atomic mass is 9.99. The molecule has 0 bridgehead atoms. The van der Waals surface area contributed by atoms with Crippen molar-refractivity contribution in [3.8, 4) is 18.1 Å². The standard InChI is InChI=1S/C24H28ClN6O7P/c1-5-24(17(32)11-18(37-24)31-13-27-19-20(26)28-23(25)29-21(19)31)12-35-39(34,38-16-9-7-6-8-10-16)30-15(4)22(33)36-14(2)3/h1,6-10,13-15,17-18,32H,11-12H2,2-4H3,(H,30,34)(H2,26,28,29)/t15-,17+,18-,24-,39-/m1/s1. The van der Waals surface area contributed by atoms with Crippen LogP contribution in [-0.2, 0) is 23.4 Å². The third kappa shape index (κ3) is 6.33. The molecule has 4 N–H and O–H groups in total. The van der Waals surface area contributed by atoms with Gasteiger partial charge in [0, 0.05) is 6.42 Å². The van der Waals surface area contributed by atoms with E-state index in [9.17, 15) is 14.5 Å². The predicted molar refractivity (Wildman–Crippen MR) is 142 cm³/mol. The summed E-state index contributed by atoms with van der Waals surface area (Å²) in [6.45, 7) is 4.26. The maximum Gasteiger partial charge on any atom is 0.459 e. The van der Waals surface area contributed by atoms with Crippen LogP contribution in [0.3, 0.4) is 0 Å². The number of carbonyl (C=O) groups excluding carboxylic acids is 1. The number of terminal acetylenes is 1. The third-order valence-electron chi connectivity index (χ3n) is 5.76. The highest BCUT2D eigenvalue weighted by Crippen LogP contribution is 2.48. The first-order valence-corrected chi connectivity index (χ1v) is 13.8. The summed E-state index contributed by atoms with van der Waals surface area (Å²) < 4.78 is 37.9. The van der Waals surface area contributed by atoms with E-state index in [2.05, 4.69) is 26.0 Å². The molecule has 1 fully saturated rings. The van der Waals surface area contributed by atoms with Crippen molar-refractivity contribution in [3.05, 3.63) is 41.9 Å². The molecule has 0 radical (unpaired) electrons. The Labute approximate surface area is 229 Å². The van der Waals surface area contributed by atoms with Crippen molar-refractivity contribution in [2.75, 3.05) is 12.3 Å². The largest absolute Gasteiger partial charge is 0.462 e. The molecule has 0 amide bonds. The molecular formula is C24H28ClN6O7P. The lowest BCUT2D eigenvalue weighted by molar-refractivity contribution is -0.149. The molecule has 0 saturated carbocycles. The van der Waals surface area contributed by atoms with E-state index >= 15 is 0 Å². The Hall–Kier alpha value is -3.24. The molecule has 0 spiro atoms. The molecule has 5 atom stereocenters. The summed E-state index contributed by atoms with van der Waals surface area (Å²) in [5.74, 6) is 2.03. The molecule has 1 aliphatic heterocycles. The van der Waals surface area contributed by atoms with Crippen LogP contribution in [0.4, 0.5) is 5.82 Å². The fourth-order valence-electron chi connectivity index (χ4n) is 3.86. The first-order valence-electron chi connectivity index (χ1n) is 11.9. The number of rotatable bonds is 10. The molecule has 15 heteroatoms. The van der Waals surface area contributed by atoms with Gasteiger partial charge in [-0.1, -0.05) is 24.1 Å². The van der Waals surface area contributed by atoms with E-state index in [1.54, 1.807) is 44.2 Å². The number of nitrogen functional groups attached to an aromatic ring is 1. The number of para-hydroxylation sites is 1. The summed E-state index contributed by atoms with van der Waals surface area (Å²) >= 11 is 5.96. The number of anilines is 1. The molecule has 1 aromatic carbocycles. The lowest BCUT2D eigenvalue weighted by Gasteiger charge is -2.29. The van der Waals surface area contributed by atoms with Gasteiger partial charge in [-0.2, -0.15) is 15.1 Å². The number of nitrogens with one attached hydrogen (secondary N) is 1. The van der Waals surface area contributed by atoms with Crippen LogP contribution in [0, 0.1) is 12.3 Å². The number of imidazole rings is 1. The van der Waals surface area contributed by atoms with Crippen LogP contribution in [-0.4, -0.2) is 61.1 Å². The molecular weight excluding hydrogens is 551 g/mol. The zero-order chi connectivity index (χ0) is 28.4. The Morgan fingerprint density at radius 2 is 2.10 bits per heavy atom. The molecule has 13 nitrogen and oxygen atoms in total. The van der Waals surface area contributed by atoms with Crippen LogP contribution in [0.1, 0.15) is 33.4 Å². The van der Waals surface area contributed by atoms with Gasteiger partial charge in [0.25, 0.3) is 0 Å². The van der Waals surface area contributed by atoms with E-state index in [0.717, 1.165) is 0 Å². The minimum atomic E-state index is -4.27. The summed E-state index contributed by atoms with van der Waals surface area (Å²) in [6, 6.07) is 7.14. The maximum absolute atomic E-state index is 13.8. The zero-order valence-corrected chi connectivity index (χ0v) is 23.0. The van der Waals surface area contributed by atoms with E-state index in [4.69, 9.17) is 42.3 Å². The first-order chi connectivity index (χ1) is 18.4. The minimum absolute atomic E-state index is 0.00887. The van der Waals surface area contributed by atoms with Crippen molar-refractivity contribution in [1.82, 2.24) is 24.6 Å². The van der Waals surface area contributed by atoms with Crippen molar-refractivity contribution >= 4 is 42.3 Å². The Morgan fingerprint density at radius 3 is 2.77 bits per heavy atom. The summed E-state index contributed by atoms with van der Waals surface area (Å²) in [7, 11) is -4.27. The number of hydrogen-bond acceptors (Lipinski definition) is 11. The van der Waals surface area contributed by atoms with Gasteiger partial charge >= 0.3 is 13.7 Å². The Balaban J connectivity index is 1.57. The highest BCUT2D eigenvalue weighted by atomic mass is 35.5. The van der Waals surface area contributed by atoms with Crippen molar-refractivity contribution in [2.24, 2.45) is 0 Å². The maximum atomic E-state index is 13.8. The molecule has 2 aromatic heterocycles. The van der Waals surface area contributed by atoms with Crippen molar-refractivity contribution in [3.63, 3.8) is 0 Å². The highest BCUT2D eigenvalue weighted by Gasteiger charge is 2.50.